The van der Waals surface area contributed by atoms with Crippen LogP contribution in [0, 0.1) is 6.92 Å². The molecule has 26 heavy (non-hydrogen) atoms. The molecule has 7 heteroatoms. The zero-order valence-corrected chi connectivity index (χ0v) is 15.1. The Balaban J connectivity index is 1.71. The zero-order valence-electron chi connectivity index (χ0n) is 15.1. The highest BCUT2D eigenvalue weighted by Crippen LogP contribution is 2.15. The molecule has 0 aliphatic heterocycles. The first-order chi connectivity index (χ1) is 12.5. The number of anilines is 1. The van der Waals surface area contributed by atoms with Gasteiger partial charge in [0.15, 0.2) is 5.82 Å². The Labute approximate surface area is 151 Å². The fourth-order valence-corrected chi connectivity index (χ4v) is 2.67. The smallest absolute Gasteiger partial charge is 0.231 e. The molecule has 1 aromatic carbocycles. The van der Waals surface area contributed by atoms with Crippen LogP contribution in [-0.2, 0) is 24.8 Å². The minimum atomic E-state index is -0.205. The van der Waals surface area contributed by atoms with Gasteiger partial charge in [0.1, 0.15) is 0 Å². The molecule has 0 fully saturated rings. The fourth-order valence-electron chi connectivity index (χ4n) is 2.67. The van der Waals surface area contributed by atoms with Crippen molar-refractivity contribution in [3.8, 4) is 0 Å². The van der Waals surface area contributed by atoms with Gasteiger partial charge in [0.2, 0.25) is 11.7 Å². The van der Waals surface area contributed by atoms with Crippen LogP contribution in [0.1, 0.15) is 34.2 Å². The zero-order chi connectivity index (χ0) is 18.7. The molecule has 1 N–H and O–H groups in total. The number of nitrogens with zero attached hydrogens (tertiary/aromatic N) is 4. The van der Waals surface area contributed by atoms with Crippen molar-refractivity contribution < 1.29 is 9.59 Å². The lowest BCUT2D eigenvalue weighted by Crippen LogP contribution is -2.18. The maximum absolute atomic E-state index is 12.7. The number of nitrogens with one attached hydrogen (secondary N) is 1. The van der Waals surface area contributed by atoms with Gasteiger partial charge >= 0.3 is 0 Å². The largest absolute Gasteiger partial charge is 0.344 e. The Morgan fingerprint density at radius 3 is 2.50 bits per heavy atom. The van der Waals surface area contributed by atoms with Gasteiger partial charge in [-0.3, -0.25) is 9.59 Å². The number of benzene rings is 1. The molecule has 0 saturated carbocycles. The Morgan fingerprint density at radius 1 is 1.12 bits per heavy atom. The van der Waals surface area contributed by atoms with Crippen LogP contribution in [0.5, 0.6) is 0 Å². The summed E-state index contributed by atoms with van der Waals surface area (Å²) >= 11 is 0. The van der Waals surface area contributed by atoms with Gasteiger partial charge in [-0.1, -0.05) is 29.8 Å². The first-order valence-electron chi connectivity index (χ1n) is 8.44. The summed E-state index contributed by atoms with van der Waals surface area (Å²) in [7, 11) is 1.79. The summed E-state index contributed by atoms with van der Waals surface area (Å²) < 4.78 is 1.75. The normalized spacial score (nSPS) is 10.7. The monoisotopic (exact) mass is 351 g/mol. The van der Waals surface area contributed by atoms with Crippen LogP contribution in [0.15, 0.2) is 42.6 Å². The van der Waals surface area contributed by atoms with Gasteiger partial charge in [-0.2, -0.15) is 9.90 Å². The number of amides is 1. The summed E-state index contributed by atoms with van der Waals surface area (Å²) in [4.78, 5) is 26.4. The summed E-state index contributed by atoms with van der Waals surface area (Å²) in [5, 5.41) is 10.9. The van der Waals surface area contributed by atoms with Crippen molar-refractivity contribution in [3.05, 3.63) is 65.1 Å². The van der Waals surface area contributed by atoms with E-state index in [1.54, 1.807) is 23.7 Å². The van der Waals surface area contributed by atoms with Gasteiger partial charge in [0.05, 0.1) is 24.9 Å². The first-order valence-corrected chi connectivity index (χ1v) is 8.44. The third kappa shape index (κ3) is 3.72. The number of aryl methyl sites for hydroxylation is 2. The van der Waals surface area contributed by atoms with E-state index in [4.69, 9.17) is 0 Å². The number of hydrogen-bond donors (Lipinski definition) is 1. The molecular formula is C19H21N5O2. The Bertz CT molecular complexity index is 937. The minimum Gasteiger partial charge on any atom is -0.344 e. The molecule has 134 valence electrons. The molecule has 7 nitrogen and oxygen atoms in total. The lowest BCUT2D eigenvalue weighted by atomic mass is 10.1. The predicted octanol–water partition coefficient (Wildman–Crippen LogP) is 2.36. The van der Waals surface area contributed by atoms with Crippen LogP contribution in [0.2, 0.25) is 0 Å². The van der Waals surface area contributed by atoms with E-state index < -0.39 is 0 Å². The van der Waals surface area contributed by atoms with Crippen LogP contribution in [-0.4, -0.2) is 31.3 Å². The molecule has 3 aromatic rings. The lowest BCUT2D eigenvalue weighted by molar-refractivity contribution is -0.115. The van der Waals surface area contributed by atoms with Crippen LogP contribution in [0.4, 0.5) is 5.82 Å². The summed E-state index contributed by atoms with van der Waals surface area (Å²) in [6.45, 7) is 4.53. The number of carbonyl (C=O) groups is 2. The molecule has 0 aliphatic carbocycles. The summed E-state index contributed by atoms with van der Waals surface area (Å²) in [6, 6.07) is 11.0. The molecule has 0 radical (unpaired) electrons. The first kappa shape index (κ1) is 17.6. The van der Waals surface area contributed by atoms with Gasteiger partial charge in [-0.15, -0.1) is 5.10 Å². The highest BCUT2D eigenvalue weighted by Gasteiger charge is 2.16. The SMILES string of the molecule is CCn1ncc(NC(=O)Cc2ccc(C(=O)c3ccc(C)cc3)n2C)n1. The Kier molecular flexibility index (Phi) is 4.97. The Morgan fingerprint density at radius 2 is 1.85 bits per heavy atom. The third-order valence-electron chi connectivity index (χ3n) is 4.20. The second kappa shape index (κ2) is 7.35. The molecule has 0 saturated heterocycles. The molecule has 2 heterocycles. The highest BCUT2D eigenvalue weighted by molar-refractivity contribution is 6.08. The Hall–Kier alpha value is -3.22. The van der Waals surface area contributed by atoms with Crippen molar-refractivity contribution in [2.24, 2.45) is 7.05 Å². The van der Waals surface area contributed by atoms with Gasteiger partial charge in [-0.25, -0.2) is 0 Å². The van der Waals surface area contributed by atoms with Crippen molar-refractivity contribution in [1.29, 1.82) is 0 Å². The summed E-state index contributed by atoms with van der Waals surface area (Å²) in [6.07, 6.45) is 1.66. The molecule has 0 unspecified atom stereocenters. The fraction of sp³-hybridized carbons (Fsp3) is 0.263. The topological polar surface area (TPSA) is 81.8 Å². The second-order valence-electron chi connectivity index (χ2n) is 6.11. The van der Waals surface area contributed by atoms with E-state index in [9.17, 15) is 9.59 Å². The van der Waals surface area contributed by atoms with Crippen molar-refractivity contribution in [2.45, 2.75) is 26.8 Å². The molecule has 1 amide bonds. The van der Waals surface area contributed by atoms with Crippen LogP contribution < -0.4 is 5.32 Å². The number of aromatic nitrogens is 4. The predicted molar refractivity (Wildman–Crippen MR) is 98.1 cm³/mol. The van der Waals surface area contributed by atoms with E-state index in [0.717, 1.165) is 11.3 Å². The minimum absolute atomic E-state index is 0.0648. The number of carbonyl (C=O) groups excluding carboxylic acids is 2. The van der Waals surface area contributed by atoms with Crippen molar-refractivity contribution in [3.63, 3.8) is 0 Å². The number of rotatable bonds is 6. The second-order valence-corrected chi connectivity index (χ2v) is 6.11. The molecule has 0 atom stereocenters. The van der Waals surface area contributed by atoms with E-state index in [-0.39, 0.29) is 18.1 Å². The van der Waals surface area contributed by atoms with Gasteiger partial charge < -0.3 is 9.88 Å². The van der Waals surface area contributed by atoms with E-state index >= 15 is 0 Å². The van der Waals surface area contributed by atoms with Crippen LogP contribution >= 0.6 is 0 Å². The maximum atomic E-state index is 12.7. The highest BCUT2D eigenvalue weighted by atomic mass is 16.1. The molecule has 0 bridgehead atoms. The van der Waals surface area contributed by atoms with Crippen molar-refractivity contribution >= 4 is 17.5 Å². The van der Waals surface area contributed by atoms with Crippen molar-refractivity contribution in [2.75, 3.05) is 5.32 Å². The van der Waals surface area contributed by atoms with E-state index in [1.807, 2.05) is 38.1 Å². The van der Waals surface area contributed by atoms with Crippen LogP contribution in [0.3, 0.4) is 0 Å². The molecular weight excluding hydrogens is 330 g/mol. The molecule has 3 rings (SSSR count). The molecule has 0 spiro atoms. The number of ketones is 1. The summed E-state index contributed by atoms with van der Waals surface area (Å²) in [5.74, 6) is 0.149. The standard InChI is InChI=1S/C19H21N5O2/c1-4-24-20-12-17(22-24)21-18(25)11-15-9-10-16(23(15)3)19(26)14-7-5-13(2)6-8-14/h5-10,12H,4,11H2,1-3H3,(H,21,22,25). The van der Waals surface area contributed by atoms with Crippen molar-refractivity contribution in [1.82, 2.24) is 19.6 Å². The van der Waals surface area contributed by atoms with Gasteiger partial charge in [0.25, 0.3) is 0 Å². The maximum Gasteiger partial charge on any atom is 0.231 e. The average molecular weight is 351 g/mol. The number of hydrogen-bond acceptors (Lipinski definition) is 4. The van der Waals surface area contributed by atoms with Gasteiger partial charge in [-0.05, 0) is 26.0 Å². The quantitative estimate of drug-likeness (QED) is 0.691. The third-order valence-corrected chi connectivity index (χ3v) is 4.20. The average Bonchev–Trinajstić information content (AvgIpc) is 3.22. The molecule has 0 aliphatic rings. The van der Waals surface area contributed by atoms with Gasteiger partial charge in [0, 0.05) is 18.3 Å². The van der Waals surface area contributed by atoms with E-state index in [0.29, 0.717) is 23.6 Å². The van der Waals surface area contributed by atoms with E-state index in [2.05, 4.69) is 15.5 Å². The molecule has 2 aromatic heterocycles. The summed E-state index contributed by atoms with van der Waals surface area (Å²) in [5.41, 5.74) is 3.03. The lowest BCUT2D eigenvalue weighted by Gasteiger charge is -2.07. The van der Waals surface area contributed by atoms with Crippen LogP contribution in [0.25, 0.3) is 0 Å². The van der Waals surface area contributed by atoms with E-state index in [1.165, 1.54) is 11.0 Å².